The van der Waals surface area contributed by atoms with Gasteiger partial charge in [-0.2, -0.15) is 4.98 Å². The van der Waals surface area contributed by atoms with E-state index >= 15 is 0 Å². The number of aromatic nitrogens is 2. The molecule has 0 aliphatic carbocycles. The lowest BCUT2D eigenvalue weighted by Crippen LogP contribution is -2.33. The number of nitrogens with one attached hydrogen (secondary N) is 1. The van der Waals surface area contributed by atoms with Crippen molar-refractivity contribution in [3.05, 3.63) is 36.2 Å². The fraction of sp³-hybridized carbons (Fsp3) is 0.333. The molecule has 1 aromatic heterocycles. The smallest absolute Gasteiger partial charge is 0.258 e. The Kier molecular flexibility index (Phi) is 2.85. The number of rotatable bonds is 2. The molecule has 0 bridgehead atoms. The molecule has 17 heavy (non-hydrogen) atoms. The number of hydrogen-bond donors (Lipinski definition) is 1. The van der Waals surface area contributed by atoms with E-state index in [1.807, 2.05) is 30.3 Å². The monoisotopic (exact) mass is 231 g/mol. The number of hydrogen-bond acceptors (Lipinski definition) is 5. The highest BCUT2D eigenvalue weighted by Crippen LogP contribution is 2.21. The molecule has 0 unspecified atom stereocenters. The molecule has 1 N–H and O–H groups in total. The molecule has 0 radical (unpaired) electrons. The summed E-state index contributed by atoms with van der Waals surface area (Å²) in [7, 11) is 0. The summed E-state index contributed by atoms with van der Waals surface area (Å²) in [6.07, 6.45) is -0.107. The Labute approximate surface area is 98.8 Å². The van der Waals surface area contributed by atoms with Crippen molar-refractivity contribution in [2.45, 2.75) is 6.10 Å². The van der Waals surface area contributed by atoms with Crippen molar-refractivity contribution < 1.29 is 9.26 Å². The second-order valence-electron chi connectivity index (χ2n) is 3.89. The first-order valence-corrected chi connectivity index (χ1v) is 5.65. The predicted molar refractivity (Wildman–Crippen MR) is 61.3 cm³/mol. The van der Waals surface area contributed by atoms with E-state index in [1.54, 1.807) is 0 Å². The standard InChI is InChI=1S/C12H13N3O2/c1-2-4-9(5-3-1)12-14-11(15-17-12)10-8-13-6-7-16-10/h1-5,10,13H,6-8H2/t10-/m1/s1. The Morgan fingerprint density at radius 2 is 2.12 bits per heavy atom. The fourth-order valence-corrected chi connectivity index (χ4v) is 1.79. The van der Waals surface area contributed by atoms with Crippen LogP contribution in [0.5, 0.6) is 0 Å². The molecule has 1 aliphatic heterocycles. The molecule has 3 rings (SSSR count). The average molecular weight is 231 g/mol. The maximum Gasteiger partial charge on any atom is 0.258 e. The Morgan fingerprint density at radius 1 is 1.24 bits per heavy atom. The Balaban J connectivity index is 1.83. The maximum absolute atomic E-state index is 5.57. The molecule has 1 fully saturated rings. The van der Waals surface area contributed by atoms with E-state index in [1.165, 1.54) is 0 Å². The van der Waals surface area contributed by atoms with Crippen LogP contribution < -0.4 is 5.32 Å². The van der Waals surface area contributed by atoms with Crippen molar-refractivity contribution in [1.82, 2.24) is 15.5 Å². The van der Waals surface area contributed by atoms with Gasteiger partial charge in [0.1, 0.15) is 6.10 Å². The molecule has 88 valence electrons. The van der Waals surface area contributed by atoms with E-state index in [0.29, 0.717) is 18.3 Å². The minimum absolute atomic E-state index is 0.107. The van der Waals surface area contributed by atoms with Crippen molar-refractivity contribution in [2.24, 2.45) is 0 Å². The zero-order valence-corrected chi connectivity index (χ0v) is 9.30. The molecule has 0 saturated carbocycles. The fourth-order valence-electron chi connectivity index (χ4n) is 1.79. The van der Waals surface area contributed by atoms with E-state index < -0.39 is 0 Å². The van der Waals surface area contributed by atoms with E-state index in [0.717, 1.165) is 18.7 Å². The van der Waals surface area contributed by atoms with Crippen LogP contribution in [0.3, 0.4) is 0 Å². The average Bonchev–Trinajstić information content (AvgIpc) is 2.90. The molecule has 2 aromatic rings. The summed E-state index contributed by atoms with van der Waals surface area (Å²) in [6.45, 7) is 2.29. The molecule has 5 nitrogen and oxygen atoms in total. The third-order valence-electron chi connectivity index (χ3n) is 2.68. The summed E-state index contributed by atoms with van der Waals surface area (Å²) in [4.78, 5) is 4.36. The van der Waals surface area contributed by atoms with Crippen LogP contribution in [0.25, 0.3) is 11.5 Å². The van der Waals surface area contributed by atoms with Gasteiger partial charge in [0.15, 0.2) is 0 Å². The Bertz CT molecular complexity index is 478. The van der Waals surface area contributed by atoms with Crippen molar-refractivity contribution in [3.8, 4) is 11.5 Å². The highest BCUT2D eigenvalue weighted by Gasteiger charge is 2.21. The molecule has 1 atom stereocenters. The summed E-state index contributed by atoms with van der Waals surface area (Å²) < 4.78 is 10.8. The van der Waals surface area contributed by atoms with Crippen LogP contribution >= 0.6 is 0 Å². The summed E-state index contributed by atoms with van der Waals surface area (Å²) in [5, 5.41) is 7.20. The SMILES string of the molecule is c1ccc(-c2nc([C@H]3CNCCO3)no2)cc1. The largest absolute Gasteiger partial charge is 0.367 e. The first kappa shape index (κ1) is 10.4. The van der Waals surface area contributed by atoms with Crippen LogP contribution in [0.2, 0.25) is 0 Å². The first-order valence-electron chi connectivity index (χ1n) is 5.65. The van der Waals surface area contributed by atoms with Crippen molar-refractivity contribution in [2.75, 3.05) is 19.7 Å². The van der Waals surface area contributed by atoms with Gasteiger partial charge in [0.25, 0.3) is 5.89 Å². The minimum Gasteiger partial charge on any atom is -0.367 e. The molecule has 2 heterocycles. The van der Waals surface area contributed by atoms with Crippen LogP contribution in [0.1, 0.15) is 11.9 Å². The molecule has 1 aliphatic rings. The summed E-state index contributed by atoms with van der Waals surface area (Å²) in [6, 6.07) is 9.72. The molecular formula is C12H13N3O2. The predicted octanol–water partition coefficient (Wildman–Crippen LogP) is 1.40. The zero-order chi connectivity index (χ0) is 11.5. The van der Waals surface area contributed by atoms with Crippen LogP contribution in [0.15, 0.2) is 34.9 Å². The van der Waals surface area contributed by atoms with E-state index in [2.05, 4.69) is 15.5 Å². The van der Waals surface area contributed by atoms with Gasteiger partial charge >= 0.3 is 0 Å². The molecule has 1 saturated heterocycles. The van der Waals surface area contributed by atoms with Crippen LogP contribution in [0.4, 0.5) is 0 Å². The van der Waals surface area contributed by atoms with Crippen molar-refractivity contribution in [1.29, 1.82) is 0 Å². The van der Waals surface area contributed by atoms with Gasteiger partial charge < -0.3 is 14.6 Å². The highest BCUT2D eigenvalue weighted by molar-refractivity contribution is 5.52. The molecule has 0 amide bonds. The van der Waals surface area contributed by atoms with Gasteiger partial charge in [-0.1, -0.05) is 23.4 Å². The number of benzene rings is 1. The van der Waals surface area contributed by atoms with E-state index in [4.69, 9.17) is 9.26 Å². The van der Waals surface area contributed by atoms with Gasteiger partial charge in [-0.3, -0.25) is 0 Å². The van der Waals surface area contributed by atoms with E-state index in [-0.39, 0.29) is 6.10 Å². The molecule has 5 heteroatoms. The highest BCUT2D eigenvalue weighted by atomic mass is 16.5. The lowest BCUT2D eigenvalue weighted by Gasteiger charge is -2.20. The zero-order valence-electron chi connectivity index (χ0n) is 9.30. The quantitative estimate of drug-likeness (QED) is 0.846. The second-order valence-corrected chi connectivity index (χ2v) is 3.89. The Morgan fingerprint density at radius 3 is 2.88 bits per heavy atom. The number of ether oxygens (including phenoxy) is 1. The summed E-state index contributed by atoms with van der Waals surface area (Å²) in [5.74, 6) is 1.14. The molecule has 0 spiro atoms. The lowest BCUT2D eigenvalue weighted by molar-refractivity contribution is 0.0208. The van der Waals surface area contributed by atoms with Crippen LogP contribution in [-0.2, 0) is 4.74 Å². The second kappa shape index (κ2) is 4.65. The van der Waals surface area contributed by atoms with Gasteiger partial charge in [-0.25, -0.2) is 0 Å². The van der Waals surface area contributed by atoms with Gasteiger partial charge in [0.2, 0.25) is 5.82 Å². The van der Waals surface area contributed by atoms with Crippen LogP contribution in [0, 0.1) is 0 Å². The van der Waals surface area contributed by atoms with Crippen LogP contribution in [-0.4, -0.2) is 29.8 Å². The van der Waals surface area contributed by atoms with Gasteiger partial charge in [-0.15, -0.1) is 0 Å². The van der Waals surface area contributed by atoms with Gasteiger partial charge in [0, 0.05) is 18.7 Å². The third kappa shape index (κ3) is 2.20. The van der Waals surface area contributed by atoms with Gasteiger partial charge in [-0.05, 0) is 12.1 Å². The normalized spacial score (nSPS) is 20.4. The van der Waals surface area contributed by atoms with Crippen molar-refractivity contribution in [3.63, 3.8) is 0 Å². The van der Waals surface area contributed by atoms with Crippen molar-refractivity contribution >= 4 is 0 Å². The number of nitrogens with zero attached hydrogens (tertiary/aromatic N) is 2. The van der Waals surface area contributed by atoms with Gasteiger partial charge in [0.05, 0.1) is 6.61 Å². The number of morpholine rings is 1. The van der Waals surface area contributed by atoms with E-state index in [9.17, 15) is 0 Å². The molecular weight excluding hydrogens is 218 g/mol. The first-order chi connectivity index (χ1) is 8.43. The molecule has 1 aromatic carbocycles. The summed E-state index contributed by atoms with van der Waals surface area (Å²) in [5.41, 5.74) is 0.926. The third-order valence-corrected chi connectivity index (χ3v) is 2.68. The minimum atomic E-state index is -0.107. The summed E-state index contributed by atoms with van der Waals surface area (Å²) >= 11 is 0. The maximum atomic E-state index is 5.57. The topological polar surface area (TPSA) is 60.2 Å². The Hall–Kier alpha value is -1.72. The lowest BCUT2D eigenvalue weighted by atomic mass is 10.2.